The fraction of sp³-hybridized carbons (Fsp3) is 0.562. The van der Waals surface area contributed by atoms with E-state index in [4.69, 9.17) is 0 Å². The highest BCUT2D eigenvalue weighted by Gasteiger charge is 2.65. The maximum absolute atomic E-state index is 11.3. The molecule has 0 spiro atoms. The lowest BCUT2D eigenvalue weighted by Crippen LogP contribution is -2.15. The average Bonchev–Trinajstić information content (AvgIpc) is 2.78. The van der Waals surface area contributed by atoms with Crippen molar-refractivity contribution in [3.8, 4) is 0 Å². The van der Waals surface area contributed by atoms with Crippen molar-refractivity contribution in [2.24, 2.45) is 23.7 Å². The van der Waals surface area contributed by atoms with E-state index in [-0.39, 0.29) is 0 Å². The second kappa shape index (κ2) is 3.75. The number of aromatic carboxylic acids is 1. The van der Waals surface area contributed by atoms with Crippen LogP contribution in [0.15, 0.2) is 18.2 Å². The van der Waals surface area contributed by atoms with E-state index in [1.807, 2.05) is 19.1 Å². The number of carboxylic acids is 1. The number of hydrogen-bond acceptors (Lipinski definition) is 2. The molecule has 0 radical (unpaired) electrons. The van der Waals surface area contributed by atoms with E-state index in [2.05, 4.69) is 5.32 Å². The molecule has 100 valence electrons. The first-order chi connectivity index (χ1) is 9.15. The van der Waals surface area contributed by atoms with Crippen molar-refractivity contribution in [1.29, 1.82) is 0 Å². The SMILES string of the molecule is Cc1ccc(C(=O)O)c(NC2C3C4CCC(C4)C23)c1. The predicted molar refractivity (Wildman–Crippen MR) is 73.4 cm³/mol. The molecule has 1 aromatic carbocycles. The van der Waals surface area contributed by atoms with Gasteiger partial charge in [-0.3, -0.25) is 0 Å². The van der Waals surface area contributed by atoms with Crippen LogP contribution in [0.1, 0.15) is 35.2 Å². The fourth-order valence-corrected chi connectivity index (χ4v) is 4.66. The molecule has 4 unspecified atom stereocenters. The van der Waals surface area contributed by atoms with E-state index in [1.54, 1.807) is 6.07 Å². The van der Waals surface area contributed by atoms with Crippen molar-refractivity contribution in [1.82, 2.24) is 0 Å². The van der Waals surface area contributed by atoms with Gasteiger partial charge in [-0.05, 0) is 67.6 Å². The maximum atomic E-state index is 11.3. The summed E-state index contributed by atoms with van der Waals surface area (Å²) in [5.74, 6) is 2.62. The standard InChI is InChI=1S/C16H19NO2/c1-8-2-5-11(16(18)19)12(6-8)17-15-13-9-3-4-10(7-9)14(13)15/h2,5-6,9-10,13-15,17H,3-4,7H2,1H3,(H,18,19). The van der Waals surface area contributed by atoms with Gasteiger partial charge in [0, 0.05) is 11.7 Å². The molecule has 2 N–H and O–H groups in total. The number of aryl methyl sites for hydroxylation is 1. The van der Waals surface area contributed by atoms with Crippen LogP contribution in [0.5, 0.6) is 0 Å². The molecule has 3 fully saturated rings. The third kappa shape index (κ3) is 1.60. The maximum Gasteiger partial charge on any atom is 0.337 e. The zero-order chi connectivity index (χ0) is 13.1. The van der Waals surface area contributed by atoms with Crippen molar-refractivity contribution in [2.45, 2.75) is 32.2 Å². The van der Waals surface area contributed by atoms with Gasteiger partial charge in [0.05, 0.1) is 5.56 Å². The highest BCUT2D eigenvalue weighted by atomic mass is 16.4. The van der Waals surface area contributed by atoms with Crippen LogP contribution < -0.4 is 5.32 Å². The number of carboxylic acid groups (broad SMARTS) is 1. The van der Waals surface area contributed by atoms with Crippen LogP contribution in [-0.4, -0.2) is 17.1 Å². The molecular formula is C16H19NO2. The minimum absolute atomic E-state index is 0.405. The molecule has 0 saturated heterocycles. The molecule has 1 aromatic rings. The fourth-order valence-electron chi connectivity index (χ4n) is 4.66. The zero-order valence-electron chi connectivity index (χ0n) is 11.1. The normalized spacial score (nSPS) is 38.1. The van der Waals surface area contributed by atoms with Gasteiger partial charge in [-0.2, -0.15) is 0 Å². The largest absolute Gasteiger partial charge is 0.478 e. The van der Waals surface area contributed by atoms with E-state index in [1.165, 1.54) is 19.3 Å². The molecular weight excluding hydrogens is 238 g/mol. The van der Waals surface area contributed by atoms with Gasteiger partial charge in [0.2, 0.25) is 0 Å². The summed E-state index contributed by atoms with van der Waals surface area (Å²) in [4.78, 5) is 11.3. The summed E-state index contributed by atoms with van der Waals surface area (Å²) in [6.45, 7) is 2.01. The van der Waals surface area contributed by atoms with Crippen molar-refractivity contribution in [3.05, 3.63) is 29.3 Å². The second-order valence-electron chi connectivity index (χ2n) is 6.51. The topological polar surface area (TPSA) is 49.3 Å². The molecule has 0 amide bonds. The van der Waals surface area contributed by atoms with Crippen LogP contribution in [0, 0.1) is 30.6 Å². The molecule has 2 bridgehead atoms. The highest BCUT2D eigenvalue weighted by Crippen LogP contribution is 2.66. The Hall–Kier alpha value is -1.51. The van der Waals surface area contributed by atoms with Gasteiger partial charge in [0.1, 0.15) is 0 Å². The Morgan fingerprint density at radius 3 is 2.58 bits per heavy atom. The zero-order valence-corrected chi connectivity index (χ0v) is 11.1. The van der Waals surface area contributed by atoms with Crippen LogP contribution in [-0.2, 0) is 0 Å². The minimum atomic E-state index is -0.837. The highest BCUT2D eigenvalue weighted by molar-refractivity contribution is 5.94. The molecule has 4 atom stereocenters. The Balaban J connectivity index is 1.58. The molecule has 19 heavy (non-hydrogen) atoms. The van der Waals surface area contributed by atoms with Gasteiger partial charge in [0.25, 0.3) is 0 Å². The van der Waals surface area contributed by atoms with Gasteiger partial charge in [-0.15, -0.1) is 0 Å². The molecule has 3 nitrogen and oxygen atoms in total. The first kappa shape index (κ1) is 11.3. The molecule has 3 saturated carbocycles. The molecule has 4 rings (SSSR count). The van der Waals surface area contributed by atoms with E-state index >= 15 is 0 Å². The van der Waals surface area contributed by atoms with Gasteiger partial charge in [0.15, 0.2) is 0 Å². The van der Waals surface area contributed by atoms with Gasteiger partial charge in [-0.25, -0.2) is 4.79 Å². The summed E-state index contributed by atoms with van der Waals surface area (Å²) in [6, 6.07) is 6.09. The van der Waals surface area contributed by atoms with E-state index < -0.39 is 5.97 Å². The van der Waals surface area contributed by atoms with E-state index in [0.717, 1.165) is 34.9 Å². The molecule has 0 heterocycles. The number of benzene rings is 1. The number of nitrogens with one attached hydrogen (secondary N) is 1. The molecule has 0 aliphatic heterocycles. The molecule has 3 heteroatoms. The van der Waals surface area contributed by atoms with E-state index in [9.17, 15) is 9.90 Å². The van der Waals surface area contributed by atoms with Crippen LogP contribution >= 0.6 is 0 Å². The third-order valence-electron chi connectivity index (χ3n) is 5.46. The van der Waals surface area contributed by atoms with Crippen LogP contribution in [0.2, 0.25) is 0 Å². The lowest BCUT2D eigenvalue weighted by Gasteiger charge is -2.14. The summed E-state index contributed by atoms with van der Waals surface area (Å²) in [5.41, 5.74) is 2.33. The Morgan fingerprint density at radius 1 is 1.26 bits per heavy atom. The number of fused-ring (bicyclic) bond motifs is 5. The van der Waals surface area contributed by atoms with E-state index in [0.29, 0.717) is 11.6 Å². The van der Waals surface area contributed by atoms with Gasteiger partial charge in [-0.1, -0.05) is 6.07 Å². The van der Waals surface area contributed by atoms with Crippen molar-refractivity contribution in [2.75, 3.05) is 5.32 Å². The number of hydrogen-bond donors (Lipinski definition) is 2. The number of anilines is 1. The summed E-state index contributed by atoms with van der Waals surface area (Å²) in [6.07, 6.45) is 4.21. The molecule has 3 aliphatic rings. The third-order valence-corrected chi connectivity index (χ3v) is 5.46. The van der Waals surface area contributed by atoms with Gasteiger partial charge < -0.3 is 10.4 Å². The second-order valence-corrected chi connectivity index (χ2v) is 6.51. The smallest absolute Gasteiger partial charge is 0.337 e. The molecule has 0 aromatic heterocycles. The van der Waals surface area contributed by atoms with Crippen LogP contribution in [0.25, 0.3) is 0 Å². The predicted octanol–water partition coefficient (Wildman–Crippen LogP) is 3.15. The summed E-state index contributed by atoms with van der Waals surface area (Å²) in [7, 11) is 0. The lowest BCUT2D eigenvalue weighted by atomic mass is 10.0. The molecule has 3 aliphatic carbocycles. The average molecular weight is 257 g/mol. The lowest BCUT2D eigenvalue weighted by molar-refractivity contribution is 0.0698. The Bertz CT molecular complexity index is 538. The summed E-state index contributed by atoms with van der Waals surface area (Å²) in [5, 5.41) is 12.8. The van der Waals surface area contributed by atoms with Crippen molar-refractivity contribution >= 4 is 11.7 Å². The summed E-state index contributed by atoms with van der Waals surface area (Å²) < 4.78 is 0. The first-order valence-corrected chi connectivity index (χ1v) is 7.25. The minimum Gasteiger partial charge on any atom is -0.478 e. The van der Waals surface area contributed by atoms with Crippen LogP contribution in [0.4, 0.5) is 5.69 Å². The van der Waals surface area contributed by atoms with Crippen molar-refractivity contribution < 1.29 is 9.90 Å². The Morgan fingerprint density at radius 2 is 1.95 bits per heavy atom. The quantitative estimate of drug-likeness (QED) is 0.874. The Kier molecular flexibility index (Phi) is 2.23. The first-order valence-electron chi connectivity index (χ1n) is 7.25. The van der Waals surface area contributed by atoms with Crippen molar-refractivity contribution in [3.63, 3.8) is 0 Å². The monoisotopic (exact) mass is 257 g/mol. The Labute approximate surface area is 113 Å². The van der Waals surface area contributed by atoms with Gasteiger partial charge >= 0.3 is 5.97 Å². The van der Waals surface area contributed by atoms with Crippen LogP contribution in [0.3, 0.4) is 0 Å². The summed E-state index contributed by atoms with van der Waals surface area (Å²) >= 11 is 0. The number of rotatable bonds is 3. The number of carbonyl (C=O) groups is 1.